The molecule has 6 nitrogen and oxygen atoms in total. The Morgan fingerprint density at radius 2 is 2.00 bits per heavy atom. The SMILES string of the molecule is O=C(Nc1cccc2c1CCCC2)C1CC(=O)N(C2CCS(=O)(=O)C2)C1. The van der Waals surface area contributed by atoms with E-state index in [9.17, 15) is 18.0 Å². The van der Waals surface area contributed by atoms with Crippen molar-refractivity contribution < 1.29 is 18.0 Å². The van der Waals surface area contributed by atoms with E-state index in [1.54, 1.807) is 4.90 Å². The molecule has 1 aromatic carbocycles. The maximum atomic E-state index is 12.7. The van der Waals surface area contributed by atoms with Gasteiger partial charge in [0.05, 0.1) is 17.4 Å². The van der Waals surface area contributed by atoms with E-state index in [0.29, 0.717) is 13.0 Å². The number of fused-ring (bicyclic) bond motifs is 1. The molecular formula is C19H24N2O4S. The molecule has 26 heavy (non-hydrogen) atoms. The summed E-state index contributed by atoms with van der Waals surface area (Å²) < 4.78 is 23.4. The smallest absolute Gasteiger partial charge is 0.229 e. The van der Waals surface area contributed by atoms with E-state index in [-0.39, 0.29) is 35.8 Å². The lowest BCUT2D eigenvalue weighted by Crippen LogP contribution is -2.38. The molecule has 2 fully saturated rings. The standard InChI is InChI=1S/C19H24N2O4S/c22-18-10-14(11-21(18)15-8-9-26(24,25)12-15)19(23)20-17-7-3-5-13-4-1-2-6-16(13)17/h3,5,7,14-15H,1-2,4,6,8-12H2,(H,20,23). The first-order chi connectivity index (χ1) is 12.4. The van der Waals surface area contributed by atoms with E-state index in [2.05, 4.69) is 11.4 Å². The molecule has 0 aromatic heterocycles. The molecule has 3 aliphatic rings. The van der Waals surface area contributed by atoms with Gasteiger partial charge in [0.15, 0.2) is 9.84 Å². The molecule has 0 saturated carbocycles. The summed E-state index contributed by atoms with van der Waals surface area (Å²) in [6, 6.07) is 5.75. The first kappa shape index (κ1) is 17.5. The lowest BCUT2D eigenvalue weighted by molar-refractivity contribution is -0.129. The van der Waals surface area contributed by atoms with Gasteiger partial charge in [-0.3, -0.25) is 9.59 Å². The minimum Gasteiger partial charge on any atom is -0.338 e. The zero-order chi connectivity index (χ0) is 18.3. The van der Waals surface area contributed by atoms with Crippen LogP contribution in [0.2, 0.25) is 0 Å². The van der Waals surface area contributed by atoms with Crippen LogP contribution < -0.4 is 5.32 Å². The number of anilines is 1. The molecule has 2 atom stereocenters. The van der Waals surface area contributed by atoms with Gasteiger partial charge < -0.3 is 10.2 Å². The van der Waals surface area contributed by atoms with Crippen LogP contribution in [0.5, 0.6) is 0 Å². The molecule has 2 aliphatic heterocycles. The summed E-state index contributed by atoms with van der Waals surface area (Å²) in [6.07, 6.45) is 4.98. The number of nitrogens with zero attached hydrogens (tertiary/aromatic N) is 1. The number of hydrogen-bond donors (Lipinski definition) is 1. The summed E-state index contributed by atoms with van der Waals surface area (Å²) in [4.78, 5) is 26.7. The molecule has 1 aromatic rings. The van der Waals surface area contributed by atoms with Gasteiger partial charge >= 0.3 is 0 Å². The molecule has 1 aliphatic carbocycles. The predicted octanol–water partition coefficient (Wildman–Crippen LogP) is 1.54. The zero-order valence-electron chi connectivity index (χ0n) is 14.7. The average molecular weight is 376 g/mol. The molecule has 0 spiro atoms. The van der Waals surface area contributed by atoms with Crippen LogP contribution in [0.3, 0.4) is 0 Å². The second-order valence-electron chi connectivity index (χ2n) is 7.64. The lowest BCUT2D eigenvalue weighted by Gasteiger charge is -2.23. The van der Waals surface area contributed by atoms with Gasteiger partial charge in [0.2, 0.25) is 11.8 Å². The van der Waals surface area contributed by atoms with Crippen molar-refractivity contribution in [3.63, 3.8) is 0 Å². The third kappa shape index (κ3) is 3.37. The summed E-state index contributed by atoms with van der Waals surface area (Å²) >= 11 is 0. The van der Waals surface area contributed by atoms with Crippen LogP contribution in [0.1, 0.15) is 36.8 Å². The van der Waals surface area contributed by atoms with E-state index in [1.165, 1.54) is 17.5 Å². The number of rotatable bonds is 3. The van der Waals surface area contributed by atoms with Gasteiger partial charge in [-0.25, -0.2) is 8.42 Å². The Bertz CT molecular complexity index is 849. The fourth-order valence-electron chi connectivity index (χ4n) is 4.41. The Morgan fingerprint density at radius 1 is 1.19 bits per heavy atom. The first-order valence-corrected chi connectivity index (χ1v) is 11.2. The third-order valence-corrected chi connectivity index (χ3v) is 7.58. The van der Waals surface area contributed by atoms with Crippen LogP contribution in [-0.4, -0.2) is 49.2 Å². The fourth-order valence-corrected chi connectivity index (χ4v) is 6.15. The normalized spacial score (nSPS) is 27.4. The Hall–Kier alpha value is -1.89. The maximum Gasteiger partial charge on any atom is 0.229 e. The van der Waals surface area contributed by atoms with Crippen LogP contribution in [0.4, 0.5) is 5.69 Å². The molecule has 7 heteroatoms. The van der Waals surface area contributed by atoms with Crippen molar-refractivity contribution in [1.82, 2.24) is 4.90 Å². The van der Waals surface area contributed by atoms with E-state index in [1.807, 2.05) is 12.1 Å². The highest BCUT2D eigenvalue weighted by Gasteiger charge is 2.42. The Labute approximate surface area is 153 Å². The molecular weight excluding hydrogens is 352 g/mol. The molecule has 140 valence electrons. The highest BCUT2D eigenvalue weighted by atomic mass is 32.2. The number of aryl methyl sites for hydroxylation is 1. The summed E-state index contributed by atoms with van der Waals surface area (Å²) in [6.45, 7) is 0.319. The fraction of sp³-hybridized carbons (Fsp3) is 0.579. The number of benzene rings is 1. The van der Waals surface area contributed by atoms with Crippen LogP contribution in [-0.2, 0) is 32.3 Å². The van der Waals surface area contributed by atoms with Gasteiger partial charge in [-0.2, -0.15) is 0 Å². The average Bonchev–Trinajstić information content (AvgIpc) is 3.17. The number of nitrogens with one attached hydrogen (secondary N) is 1. The molecule has 0 bridgehead atoms. The second-order valence-corrected chi connectivity index (χ2v) is 9.87. The summed E-state index contributed by atoms with van der Waals surface area (Å²) in [5.41, 5.74) is 3.38. The highest BCUT2D eigenvalue weighted by Crippen LogP contribution is 2.30. The van der Waals surface area contributed by atoms with Crippen molar-refractivity contribution in [2.45, 2.75) is 44.6 Å². The molecule has 2 heterocycles. The van der Waals surface area contributed by atoms with Crippen molar-refractivity contribution in [2.75, 3.05) is 23.4 Å². The van der Waals surface area contributed by atoms with Crippen molar-refractivity contribution in [1.29, 1.82) is 0 Å². The number of hydrogen-bond acceptors (Lipinski definition) is 4. The largest absolute Gasteiger partial charge is 0.338 e. The summed E-state index contributed by atoms with van der Waals surface area (Å²) in [5.74, 6) is -0.499. The number of amides is 2. The minimum atomic E-state index is -3.05. The topological polar surface area (TPSA) is 83.6 Å². The summed E-state index contributed by atoms with van der Waals surface area (Å²) in [5, 5.41) is 3.02. The van der Waals surface area contributed by atoms with Crippen LogP contribution >= 0.6 is 0 Å². The van der Waals surface area contributed by atoms with Crippen LogP contribution in [0.15, 0.2) is 18.2 Å². The molecule has 1 N–H and O–H groups in total. The Balaban J connectivity index is 1.44. The number of carbonyl (C=O) groups excluding carboxylic acids is 2. The van der Waals surface area contributed by atoms with E-state index >= 15 is 0 Å². The molecule has 0 radical (unpaired) electrons. The minimum absolute atomic E-state index is 0.0271. The maximum absolute atomic E-state index is 12.7. The van der Waals surface area contributed by atoms with Gasteiger partial charge in [-0.1, -0.05) is 12.1 Å². The van der Waals surface area contributed by atoms with Crippen LogP contribution in [0.25, 0.3) is 0 Å². The Morgan fingerprint density at radius 3 is 2.77 bits per heavy atom. The van der Waals surface area contributed by atoms with Crippen LogP contribution in [0, 0.1) is 5.92 Å². The number of carbonyl (C=O) groups is 2. The van der Waals surface area contributed by atoms with Gasteiger partial charge in [-0.05, 0) is 49.3 Å². The van der Waals surface area contributed by atoms with E-state index < -0.39 is 15.8 Å². The van der Waals surface area contributed by atoms with Crippen molar-refractivity contribution in [2.24, 2.45) is 5.92 Å². The quantitative estimate of drug-likeness (QED) is 0.867. The lowest BCUT2D eigenvalue weighted by atomic mass is 9.90. The van der Waals surface area contributed by atoms with Crippen molar-refractivity contribution in [3.05, 3.63) is 29.3 Å². The molecule has 2 saturated heterocycles. The monoisotopic (exact) mass is 376 g/mol. The van der Waals surface area contributed by atoms with Gasteiger partial charge in [-0.15, -0.1) is 0 Å². The molecule has 4 rings (SSSR count). The van der Waals surface area contributed by atoms with Gasteiger partial charge in [0, 0.05) is 24.7 Å². The van der Waals surface area contributed by atoms with Gasteiger partial charge in [0.1, 0.15) is 0 Å². The zero-order valence-corrected chi connectivity index (χ0v) is 15.6. The molecule has 2 amide bonds. The number of likely N-dealkylation sites (tertiary alicyclic amines) is 1. The number of sulfone groups is 1. The van der Waals surface area contributed by atoms with Gasteiger partial charge in [0.25, 0.3) is 0 Å². The first-order valence-electron chi connectivity index (χ1n) is 9.34. The molecule has 2 unspecified atom stereocenters. The van der Waals surface area contributed by atoms with Crippen molar-refractivity contribution >= 4 is 27.3 Å². The van der Waals surface area contributed by atoms with E-state index in [0.717, 1.165) is 24.9 Å². The second kappa shape index (κ2) is 6.68. The highest BCUT2D eigenvalue weighted by molar-refractivity contribution is 7.91. The van der Waals surface area contributed by atoms with Crippen molar-refractivity contribution in [3.8, 4) is 0 Å². The Kier molecular flexibility index (Phi) is 4.50. The third-order valence-electron chi connectivity index (χ3n) is 5.83. The predicted molar refractivity (Wildman–Crippen MR) is 98.6 cm³/mol. The summed E-state index contributed by atoms with van der Waals surface area (Å²) in [7, 11) is -3.05. The van der Waals surface area contributed by atoms with E-state index in [4.69, 9.17) is 0 Å².